The number of aromatic nitrogens is 2. The first-order valence-electron chi connectivity index (χ1n) is 18.1. The molecule has 10 aromatic rings. The van der Waals surface area contributed by atoms with E-state index in [1.165, 1.54) is 49.0 Å². The minimum absolute atomic E-state index is 0.661. The second-order valence-electron chi connectivity index (χ2n) is 13.6. The zero-order valence-corrected chi connectivity index (χ0v) is 29.2. The molecule has 0 unspecified atom stereocenters. The third kappa shape index (κ3) is 5.29. The number of fused-ring (bicyclic) bond motifs is 4. The van der Waals surface area contributed by atoms with Gasteiger partial charge in [-0.05, 0) is 83.9 Å². The molecule has 0 amide bonds. The summed E-state index contributed by atoms with van der Waals surface area (Å²) < 4.78 is 0. The molecule has 54 heavy (non-hydrogen) atoms. The normalized spacial score (nSPS) is 11.3. The first-order valence-corrected chi connectivity index (χ1v) is 18.1. The topological polar surface area (TPSA) is 49.6 Å². The predicted octanol–water partition coefficient (Wildman–Crippen LogP) is 13.3. The van der Waals surface area contributed by atoms with Gasteiger partial charge in [0, 0.05) is 16.5 Å². The van der Waals surface area contributed by atoms with E-state index in [9.17, 15) is 5.26 Å². The molecule has 0 aliphatic heterocycles. The smallest absolute Gasteiger partial charge is 0.160 e. The highest BCUT2D eigenvalue weighted by atomic mass is 14.9. The first-order chi connectivity index (χ1) is 26.7. The largest absolute Gasteiger partial charge is 0.228 e. The average Bonchev–Trinajstić information content (AvgIpc) is 3.25. The fraction of sp³-hybridized carbons (Fsp3) is 0. The van der Waals surface area contributed by atoms with E-state index in [4.69, 9.17) is 9.97 Å². The standard InChI is InChI=1S/C51H31N3/c52-32-33-20-22-35(23-21-33)39-28-30-45(43-15-5-3-13-41(39)43)46-31-29-40(42-14-4-6-16-44(42)46)36-24-26-37(27-25-36)51-53-49-19-8-7-17-48(49)50(54-51)47-18-9-11-34-10-1-2-12-38(34)47/h1-31H. The van der Waals surface area contributed by atoms with Gasteiger partial charge in [-0.2, -0.15) is 5.26 Å². The van der Waals surface area contributed by atoms with Crippen molar-refractivity contribution in [2.24, 2.45) is 0 Å². The molecular formula is C51H31N3. The Morgan fingerprint density at radius 1 is 0.333 bits per heavy atom. The van der Waals surface area contributed by atoms with Crippen LogP contribution in [0.25, 0.3) is 99.2 Å². The van der Waals surface area contributed by atoms with Crippen LogP contribution in [0.1, 0.15) is 5.56 Å². The van der Waals surface area contributed by atoms with Gasteiger partial charge in [-0.3, -0.25) is 0 Å². The molecule has 0 aliphatic rings. The van der Waals surface area contributed by atoms with Crippen molar-refractivity contribution in [2.45, 2.75) is 0 Å². The summed E-state index contributed by atoms with van der Waals surface area (Å²) in [6.45, 7) is 0. The van der Waals surface area contributed by atoms with E-state index >= 15 is 0 Å². The Balaban J connectivity index is 1.06. The van der Waals surface area contributed by atoms with Crippen LogP contribution in [0.3, 0.4) is 0 Å². The Bertz CT molecular complexity index is 3090. The summed E-state index contributed by atoms with van der Waals surface area (Å²) in [6.07, 6.45) is 0. The van der Waals surface area contributed by atoms with Crippen LogP contribution in [-0.2, 0) is 0 Å². The second kappa shape index (κ2) is 13.0. The Labute approximate surface area is 313 Å². The molecule has 0 fully saturated rings. The van der Waals surface area contributed by atoms with Gasteiger partial charge in [-0.15, -0.1) is 0 Å². The van der Waals surface area contributed by atoms with Gasteiger partial charge in [0.2, 0.25) is 0 Å². The van der Waals surface area contributed by atoms with Gasteiger partial charge in [-0.1, -0.05) is 170 Å². The Hall–Kier alpha value is -7.41. The van der Waals surface area contributed by atoms with Crippen LogP contribution < -0.4 is 0 Å². The van der Waals surface area contributed by atoms with E-state index in [1.807, 2.05) is 30.3 Å². The van der Waals surface area contributed by atoms with Crippen molar-refractivity contribution in [3.05, 3.63) is 194 Å². The summed E-state index contributed by atoms with van der Waals surface area (Å²) in [7, 11) is 0. The van der Waals surface area contributed by atoms with Crippen molar-refractivity contribution < 1.29 is 0 Å². The molecule has 0 spiro atoms. The highest BCUT2D eigenvalue weighted by Gasteiger charge is 2.16. The van der Waals surface area contributed by atoms with Crippen molar-refractivity contribution in [3.8, 4) is 62.1 Å². The maximum atomic E-state index is 9.32. The van der Waals surface area contributed by atoms with Crippen LogP contribution in [0.5, 0.6) is 0 Å². The van der Waals surface area contributed by atoms with E-state index in [2.05, 4.69) is 164 Å². The van der Waals surface area contributed by atoms with Gasteiger partial charge in [0.15, 0.2) is 5.82 Å². The summed E-state index contributed by atoms with van der Waals surface area (Å²) >= 11 is 0. The highest BCUT2D eigenvalue weighted by molar-refractivity contribution is 6.12. The lowest BCUT2D eigenvalue weighted by Gasteiger charge is -2.16. The van der Waals surface area contributed by atoms with Gasteiger partial charge >= 0.3 is 0 Å². The molecule has 10 rings (SSSR count). The highest BCUT2D eigenvalue weighted by Crippen LogP contribution is 2.41. The number of rotatable bonds is 5. The molecule has 0 aliphatic carbocycles. The van der Waals surface area contributed by atoms with E-state index < -0.39 is 0 Å². The van der Waals surface area contributed by atoms with Crippen molar-refractivity contribution in [2.75, 3.05) is 0 Å². The van der Waals surface area contributed by atoms with E-state index in [1.54, 1.807) is 0 Å². The van der Waals surface area contributed by atoms with E-state index in [0.717, 1.165) is 44.4 Å². The fourth-order valence-corrected chi connectivity index (χ4v) is 7.94. The van der Waals surface area contributed by atoms with Crippen LogP contribution in [0.15, 0.2) is 188 Å². The molecule has 0 saturated heterocycles. The van der Waals surface area contributed by atoms with Gasteiger partial charge in [-0.25, -0.2) is 9.97 Å². The number of nitrogens with zero attached hydrogens (tertiary/aromatic N) is 3. The molecule has 0 bridgehead atoms. The van der Waals surface area contributed by atoms with Crippen LogP contribution in [-0.4, -0.2) is 9.97 Å². The van der Waals surface area contributed by atoms with Crippen LogP contribution >= 0.6 is 0 Å². The van der Waals surface area contributed by atoms with Crippen LogP contribution in [0, 0.1) is 11.3 Å². The number of hydrogen-bond donors (Lipinski definition) is 0. The number of hydrogen-bond acceptors (Lipinski definition) is 3. The monoisotopic (exact) mass is 685 g/mol. The quantitative estimate of drug-likeness (QED) is 0.181. The lowest BCUT2D eigenvalue weighted by Crippen LogP contribution is -1.96. The zero-order chi connectivity index (χ0) is 36.0. The molecule has 1 aromatic heterocycles. The molecule has 250 valence electrons. The molecule has 0 saturated carbocycles. The van der Waals surface area contributed by atoms with Gasteiger partial charge in [0.25, 0.3) is 0 Å². The lowest BCUT2D eigenvalue weighted by atomic mass is 9.88. The summed E-state index contributed by atoms with van der Waals surface area (Å²) in [4.78, 5) is 10.3. The molecule has 0 radical (unpaired) electrons. The Morgan fingerprint density at radius 2 is 0.796 bits per heavy atom. The third-order valence-electron chi connectivity index (χ3n) is 10.6. The third-order valence-corrected chi connectivity index (χ3v) is 10.6. The Kier molecular flexibility index (Phi) is 7.53. The molecule has 0 N–H and O–H groups in total. The predicted molar refractivity (Wildman–Crippen MR) is 224 cm³/mol. The minimum Gasteiger partial charge on any atom is -0.228 e. The summed E-state index contributed by atoms with van der Waals surface area (Å²) in [6, 6.07) is 68.1. The van der Waals surface area contributed by atoms with Crippen molar-refractivity contribution in [1.29, 1.82) is 5.26 Å². The fourth-order valence-electron chi connectivity index (χ4n) is 7.94. The second-order valence-corrected chi connectivity index (χ2v) is 13.6. The van der Waals surface area contributed by atoms with Crippen molar-refractivity contribution in [3.63, 3.8) is 0 Å². The van der Waals surface area contributed by atoms with Crippen molar-refractivity contribution in [1.82, 2.24) is 9.97 Å². The SMILES string of the molecule is N#Cc1ccc(-c2ccc(-c3ccc(-c4ccc(-c5nc(-c6cccc7ccccc67)c6ccccc6n5)cc4)c4ccccc34)c3ccccc23)cc1. The summed E-state index contributed by atoms with van der Waals surface area (Å²) in [5.41, 5.74) is 11.5. The lowest BCUT2D eigenvalue weighted by molar-refractivity contribution is 1.23. The average molecular weight is 686 g/mol. The van der Waals surface area contributed by atoms with E-state index in [0.29, 0.717) is 11.4 Å². The maximum absolute atomic E-state index is 9.32. The maximum Gasteiger partial charge on any atom is 0.160 e. The Morgan fingerprint density at radius 3 is 1.41 bits per heavy atom. The van der Waals surface area contributed by atoms with E-state index in [-0.39, 0.29) is 0 Å². The molecule has 1 heterocycles. The van der Waals surface area contributed by atoms with Gasteiger partial charge < -0.3 is 0 Å². The zero-order valence-electron chi connectivity index (χ0n) is 29.2. The number of benzene rings is 9. The van der Waals surface area contributed by atoms with Crippen molar-refractivity contribution >= 4 is 43.2 Å². The summed E-state index contributed by atoms with van der Waals surface area (Å²) in [5, 5.41) is 17.5. The van der Waals surface area contributed by atoms with Crippen LogP contribution in [0.4, 0.5) is 0 Å². The molecule has 9 aromatic carbocycles. The minimum atomic E-state index is 0.661. The number of para-hydroxylation sites is 1. The molecule has 3 heteroatoms. The van der Waals surface area contributed by atoms with Crippen LogP contribution in [0.2, 0.25) is 0 Å². The molecular weight excluding hydrogens is 655 g/mol. The summed E-state index contributed by atoms with van der Waals surface area (Å²) in [5.74, 6) is 0.708. The van der Waals surface area contributed by atoms with Gasteiger partial charge in [0.05, 0.1) is 22.8 Å². The molecule has 3 nitrogen and oxygen atoms in total. The molecule has 0 atom stereocenters. The first kappa shape index (κ1) is 31.3. The van der Waals surface area contributed by atoms with Gasteiger partial charge in [0.1, 0.15) is 0 Å². The number of nitriles is 1.